The lowest BCUT2D eigenvalue weighted by Crippen LogP contribution is -2.15. The van der Waals surface area contributed by atoms with Crippen molar-refractivity contribution in [2.75, 3.05) is 11.1 Å². The minimum absolute atomic E-state index is 0.0296. The fraction of sp³-hybridized carbons (Fsp3) is 0.222. The highest BCUT2D eigenvalue weighted by Crippen LogP contribution is 2.27. The number of hydrogen-bond donors (Lipinski definition) is 1. The van der Waals surface area contributed by atoms with Gasteiger partial charge < -0.3 is 5.32 Å². The van der Waals surface area contributed by atoms with Gasteiger partial charge in [0.15, 0.2) is 0 Å². The summed E-state index contributed by atoms with van der Waals surface area (Å²) in [5, 5.41) is 10.3. The van der Waals surface area contributed by atoms with E-state index in [0.717, 1.165) is 33.3 Å². The van der Waals surface area contributed by atoms with Gasteiger partial charge in [-0.3, -0.25) is 4.79 Å². The number of anilines is 1. The first kappa shape index (κ1) is 17.2. The summed E-state index contributed by atoms with van der Waals surface area (Å²) in [6.07, 6.45) is 0. The smallest absolute Gasteiger partial charge is 0.234 e. The van der Waals surface area contributed by atoms with Crippen LogP contribution in [-0.2, 0) is 10.5 Å². The van der Waals surface area contributed by atoms with Gasteiger partial charge in [-0.05, 0) is 42.5 Å². The summed E-state index contributed by atoms with van der Waals surface area (Å²) in [5.41, 5.74) is 5.33. The summed E-state index contributed by atoms with van der Waals surface area (Å²) in [5.74, 6) is 1.21. The Balaban J connectivity index is 1.49. The molecule has 3 aromatic rings. The minimum atomic E-state index is 0.0296. The second-order valence-electron chi connectivity index (χ2n) is 5.52. The number of benzene rings is 1. The third kappa shape index (κ3) is 4.47. The number of hydrogen-bond acceptors (Lipinski definition) is 5. The molecule has 0 aliphatic rings. The summed E-state index contributed by atoms with van der Waals surface area (Å²) in [7, 11) is 0. The van der Waals surface area contributed by atoms with E-state index in [2.05, 4.69) is 32.5 Å². The van der Waals surface area contributed by atoms with E-state index in [9.17, 15) is 4.79 Å². The predicted octanol–water partition coefficient (Wildman–Crippen LogP) is 5.36. The maximum Gasteiger partial charge on any atom is 0.234 e. The summed E-state index contributed by atoms with van der Waals surface area (Å²) in [6.45, 7) is 4.03. The largest absolute Gasteiger partial charge is 0.325 e. The van der Waals surface area contributed by atoms with Gasteiger partial charge in [0.05, 0.1) is 11.4 Å². The number of aromatic nitrogens is 1. The van der Waals surface area contributed by atoms with Crippen LogP contribution in [0.15, 0.2) is 40.4 Å². The standard InChI is InChI=1S/C18H18N2OS3/c1-12-3-4-13(2)16(7-12)20-17(21)11-23-9-15-10-24-18(19-15)14-5-6-22-8-14/h3-8,10H,9,11H2,1-2H3,(H,20,21). The third-order valence-electron chi connectivity index (χ3n) is 3.47. The highest BCUT2D eigenvalue weighted by atomic mass is 32.2. The number of carbonyl (C=O) groups is 1. The first-order chi connectivity index (χ1) is 11.6. The molecule has 0 aliphatic heterocycles. The van der Waals surface area contributed by atoms with Crippen molar-refractivity contribution in [3.8, 4) is 10.6 Å². The van der Waals surface area contributed by atoms with Gasteiger partial charge in [-0.15, -0.1) is 23.1 Å². The number of amides is 1. The number of carbonyl (C=O) groups excluding carboxylic acids is 1. The van der Waals surface area contributed by atoms with Crippen LogP contribution in [-0.4, -0.2) is 16.6 Å². The lowest BCUT2D eigenvalue weighted by atomic mass is 10.1. The Morgan fingerprint density at radius 3 is 2.92 bits per heavy atom. The van der Waals surface area contributed by atoms with Crippen LogP contribution >= 0.6 is 34.4 Å². The number of thioether (sulfide) groups is 1. The Bertz CT molecular complexity index is 825. The molecule has 0 aliphatic carbocycles. The molecule has 1 aromatic carbocycles. The van der Waals surface area contributed by atoms with Crippen LogP contribution in [0.25, 0.3) is 10.6 Å². The van der Waals surface area contributed by atoms with E-state index in [-0.39, 0.29) is 5.91 Å². The fourth-order valence-corrected chi connectivity index (χ4v) is 4.55. The molecule has 3 nitrogen and oxygen atoms in total. The summed E-state index contributed by atoms with van der Waals surface area (Å²) < 4.78 is 0. The number of nitrogens with zero attached hydrogens (tertiary/aromatic N) is 1. The van der Waals surface area contributed by atoms with Gasteiger partial charge in [0.1, 0.15) is 5.01 Å². The van der Waals surface area contributed by atoms with E-state index >= 15 is 0 Å². The highest BCUT2D eigenvalue weighted by molar-refractivity contribution is 7.99. The van der Waals surface area contributed by atoms with Crippen LogP contribution in [0.1, 0.15) is 16.8 Å². The van der Waals surface area contributed by atoms with Gasteiger partial charge in [0.25, 0.3) is 0 Å². The van der Waals surface area contributed by atoms with Gasteiger partial charge in [0.2, 0.25) is 5.91 Å². The first-order valence-electron chi connectivity index (χ1n) is 7.53. The first-order valence-corrected chi connectivity index (χ1v) is 10.5. The van der Waals surface area contributed by atoms with Gasteiger partial charge in [-0.1, -0.05) is 12.1 Å². The molecule has 0 radical (unpaired) electrons. The Morgan fingerprint density at radius 2 is 2.12 bits per heavy atom. The van der Waals surface area contributed by atoms with E-state index in [1.807, 2.05) is 32.0 Å². The predicted molar refractivity (Wildman–Crippen MR) is 106 cm³/mol. The van der Waals surface area contributed by atoms with E-state index in [4.69, 9.17) is 0 Å². The summed E-state index contributed by atoms with van der Waals surface area (Å²) in [4.78, 5) is 16.7. The summed E-state index contributed by atoms with van der Waals surface area (Å²) in [6, 6.07) is 8.16. The van der Waals surface area contributed by atoms with E-state index in [0.29, 0.717) is 5.75 Å². The molecular weight excluding hydrogens is 356 g/mol. The average molecular weight is 375 g/mol. The summed E-state index contributed by atoms with van der Waals surface area (Å²) >= 11 is 4.92. The molecule has 0 saturated carbocycles. The Hall–Kier alpha value is -1.63. The zero-order valence-corrected chi connectivity index (χ0v) is 16.0. The number of thiazole rings is 1. The molecule has 0 saturated heterocycles. The van der Waals surface area contributed by atoms with Crippen molar-refractivity contribution in [1.29, 1.82) is 0 Å². The SMILES string of the molecule is Cc1ccc(C)c(NC(=O)CSCc2csc(-c3ccsc3)n2)c1. The average Bonchev–Trinajstić information content (AvgIpc) is 3.22. The molecule has 2 heterocycles. The van der Waals surface area contributed by atoms with Crippen molar-refractivity contribution in [2.24, 2.45) is 0 Å². The molecule has 1 amide bonds. The second-order valence-corrected chi connectivity index (χ2v) is 8.14. The highest BCUT2D eigenvalue weighted by Gasteiger charge is 2.08. The molecule has 2 aromatic heterocycles. The molecule has 1 N–H and O–H groups in total. The fourth-order valence-electron chi connectivity index (χ4n) is 2.20. The van der Waals surface area contributed by atoms with Gasteiger partial charge >= 0.3 is 0 Å². The van der Waals surface area contributed by atoms with Crippen molar-refractivity contribution < 1.29 is 4.79 Å². The van der Waals surface area contributed by atoms with E-state index < -0.39 is 0 Å². The van der Waals surface area contributed by atoms with Crippen LogP contribution in [0.5, 0.6) is 0 Å². The van der Waals surface area contributed by atoms with Crippen molar-refractivity contribution in [3.63, 3.8) is 0 Å². The molecule has 124 valence electrons. The van der Waals surface area contributed by atoms with E-state index in [1.165, 1.54) is 5.56 Å². The number of thiophene rings is 1. The van der Waals surface area contributed by atoms with Crippen LogP contribution in [0, 0.1) is 13.8 Å². The molecule has 0 unspecified atom stereocenters. The molecule has 3 rings (SSSR count). The van der Waals surface area contributed by atoms with Gasteiger partial charge in [0, 0.05) is 27.8 Å². The monoisotopic (exact) mass is 374 g/mol. The van der Waals surface area contributed by atoms with Gasteiger partial charge in [-0.25, -0.2) is 4.98 Å². The van der Waals surface area contributed by atoms with Crippen LogP contribution < -0.4 is 5.32 Å². The second kappa shape index (κ2) is 7.96. The van der Waals surface area contributed by atoms with E-state index in [1.54, 1.807) is 34.4 Å². The van der Waals surface area contributed by atoms with Crippen LogP contribution in [0.2, 0.25) is 0 Å². The van der Waals surface area contributed by atoms with Crippen LogP contribution in [0.3, 0.4) is 0 Å². The van der Waals surface area contributed by atoms with Crippen LogP contribution in [0.4, 0.5) is 5.69 Å². The maximum absolute atomic E-state index is 12.1. The van der Waals surface area contributed by atoms with Crippen molar-refractivity contribution in [1.82, 2.24) is 4.98 Å². The topological polar surface area (TPSA) is 42.0 Å². The number of nitrogens with one attached hydrogen (secondary N) is 1. The Labute approximate surface area is 154 Å². The molecule has 24 heavy (non-hydrogen) atoms. The lowest BCUT2D eigenvalue weighted by Gasteiger charge is -2.09. The molecule has 6 heteroatoms. The van der Waals surface area contributed by atoms with Gasteiger partial charge in [-0.2, -0.15) is 11.3 Å². The lowest BCUT2D eigenvalue weighted by molar-refractivity contribution is -0.113. The quantitative estimate of drug-likeness (QED) is 0.631. The molecule has 0 atom stereocenters. The normalized spacial score (nSPS) is 10.8. The number of aryl methyl sites for hydroxylation is 2. The Kier molecular flexibility index (Phi) is 5.71. The molecule has 0 spiro atoms. The zero-order valence-electron chi connectivity index (χ0n) is 13.5. The maximum atomic E-state index is 12.1. The van der Waals surface area contributed by atoms with Crippen molar-refractivity contribution >= 4 is 46.0 Å². The molecular formula is C18H18N2OS3. The molecule has 0 fully saturated rings. The zero-order chi connectivity index (χ0) is 16.9. The Morgan fingerprint density at radius 1 is 1.25 bits per heavy atom. The van der Waals surface area contributed by atoms with Crippen molar-refractivity contribution in [3.05, 3.63) is 57.2 Å². The van der Waals surface area contributed by atoms with Crippen molar-refractivity contribution in [2.45, 2.75) is 19.6 Å². The minimum Gasteiger partial charge on any atom is -0.325 e. The molecule has 0 bridgehead atoms. The third-order valence-corrected chi connectivity index (χ3v) is 6.06. The number of rotatable bonds is 6.